The van der Waals surface area contributed by atoms with E-state index in [-0.39, 0.29) is 5.60 Å². The van der Waals surface area contributed by atoms with Crippen molar-refractivity contribution in [2.24, 2.45) is 5.92 Å². The highest BCUT2D eigenvalue weighted by molar-refractivity contribution is 5.51. The molecule has 0 bridgehead atoms. The third-order valence-corrected chi connectivity index (χ3v) is 2.95. The zero-order valence-corrected chi connectivity index (χ0v) is 8.71. The Bertz CT molecular complexity index is 163. The van der Waals surface area contributed by atoms with Crippen molar-refractivity contribution in [1.29, 1.82) is 0 Å². The van der Waals surface area contributed by atoms with Crippen LogP contribution in [-0.4, -0.2) is 18.5 Å². The van der Waals surface area contributed by atoms with Gasteiger partial charge in [0.05, 0.1) is 5.60 Å². The Morgan fingerprint density at radius 1 is 1.54 bits per heavy atom. The maximum atomic E-state index is 10.5. The summed E-state index contributed by atoms with van der Waals surface area (Å²) in [6, 6.07) is 0. The first-order chi connectivity index (χ1) is 6.20. The van der Waals surface area contributed by atoms with E-state index in [2.05, 4.69) is 6.92 Å². The topological polar surface area (TPSA) is 26.3 Å². The number of hydrogen-bond donors (Lipinski definition) is 0. The summed E-state index contributed by atoms with van der Waals surface area (Å²) >= 11 is 0. The minimum absolute atomic E-state index is 0.193. The van der Waals surface area contributed by atoms with Crippen LogP contribution in [0.4, 0.5) is 0 Å². The largest absolute Gasteiger partial charge is 0.375 e. The second-order valence-electron chi connectivity index (χ2n) is 4.25. The molecule has 2 heteroatoms. The molecule has 0 aromatic carbocycles. The first-order valence-corrected chi connectivity index (χ1v) is 5.28. The summed E-state index contributed by atoms with van der Waals surface area (Å²) in [5, 5.41) is 0. The maximum absolute atomic E-state index is 10.5. The Morgan fingerprint density at radius 2 is 2.23 bits per heavy atom. The molecular formula is C11H20O2. The molecule has 1 rings (SSSR count). The molecule has 76 valence electrons. The van der Waals surface area contributed by atoms with Crippen LogP contribution in [-0.2, 0) is 9.53 Å². The van der Waals surface area contributed by atoms with E-state index in [4.69, 9.17) is 4.74 Å². The van der Waals surface area contributed by atoms with E-state index in [1.807, 2.05) is 6.92 Å². The van der Waals surface area contributed by atoms with E-state index in [1.165, 1.54) is 19.3 Å². The van der Waals surface area contributed by atoms with Gasteiger partial charge in [0.15, 0.2) is 0 Å². The first kappa shape index (κ1) is 10.7. The van der Waals surface area contributed by atoms with Crippen LogP contribution in [0.1, 0.15) is 46.0 Å². The molecule has 0 radical (unpaired) electrons. The van der Waals surface area contributed by atoms with Crippen molar-refractivity contribution >= 4 is 6.29 Å². The smallest absolute Gasteiger partial charge is 0.122 e. The Hall–Kier alpha value is -0.370. The summed E-state index contributed by atoms with van der Waals surface area (Å²) in [5.41, 5.74) is -0.193. The van der Waals surface area contributed by atoms with Gasteiger partial charge in [0, 0.05) is 13.0 Å². The summed E-state index contributed by atoms with van der Waals surface area (Å²) in [7, 11) is 0. The average Bonchev–Trinajstić information content (AvgIpc) is 1.98. The van der Waals surface area contributed by atoms with Gasteiger partial charge in [0.25, 0.3) is 0 Å². The van der Waals surface area contributed by atoms with Crippen molar-refractivity contribution in [2.45, 2.75) is 51.6 Å². The maximum Gasteiger partial charge on any atom is 0.122 e. The van der Waals surface area contributed by atoms with E-state index in [0.717, 1.165) is 18.6 Å². The molecule has 0 aromatic heterocycles. The third kappa shape index (κ3) is 3.11. The van der Waals surface area contributed by atoms with Gasteiger partial charge in [-0.2, -0.15) is 0 Å². The van der Waals surface area contributed by atoms with Crippen molar-refractivity contribution in [1.82, 2.24) is 0 Å². The van der Waals surface area contributed by atoms with Crippen LogP contribution in [0.15, 0.2) is 0 Å². The SMILES string of the molecule is CCOC(C)(CC=O)CC1CCC1. The quantitative estimate of drug-likeness (QED) is 0.593. The van der Waals surface area contributed by atoms with Gasteiger partial charge in [-0.05, 0) is 26.2 Å². The molecule has 0 amide bonds. The van der Waals surface area contributed by atoms with Crippen molar-refractivity contribution in [3.8, 4) is 0 Å². The van der Waals surface area contributed by atoms with Gasteiger partial charge in [-0.3, -0.25) is 0 Å². The van der Waals surface area contributed by atoms with E-state index in [9.17, 15) is 4.79 Å². The van der Waals surface area contributed by atoms with E-state index >= 15 is 0 Å². The van der Waals surface area contributed by atoms with Crippen LogP contribution < -0.4 is 0 Å². The van der Waals surface area contributed by atoms with Crippen LogP contribution >= 0.6 is 0 Å². The summed E-state index contributed by atoms with van der Waals surface area (Å²) in [4.78, 5) is 10.5. The fourth-order valence-electron chi connectivity index (χ4n) is 2.03. The number of rotatable bonds is 6. The summed E-state index contributed by atoms with van der Waals surface area (Å²) in [6.45, 7) is 4.75. The van der Waals surface area contributed by atoms with Crippen molar-refractivity contribution < 1.29 is 9.53 Å². The number of ether oxygens (including phenoxy) is 1. The normalized spacial score (nSPS) is 22.0. The highest BCUT2D eigenvalue weighted by Crippen LogP contribution is 2.36. The zero-order chi connectivity index (χ0) is 9.73. The van der Waals surface area contributed by atoms with Crippen molar-refractivity contribution in [2.75, 3.05) is 6.61 Å². The molecule has 0 saturated heterocycles. The number of aldehydes is 1. The van der Waals surface area contributed by atoms with Gasteiger partial charge in [-0.25, -0.2) is 0 Å². The van der Waals surface area contributed by atoms with Crippen LogP contribution in [0.5, 0.6) is 0 Å². The summed E-state index contributed by atoms with van der Waals surface area (Å²) in [6.07, 6.45) is 6.57. The average molecular weight is 184 g/mol. The molecule has 0 aliphatic heterocycles. The van der Waals surface area contributed by atoms with Crippen LogP contribution in [0.2, 0.25) is 0 Å². The standard InChI is InChI=1S/C11H20O2/c1-3-13-11(2,7-8-12)9-10-5-4-6-10/h8,10H,3-7,9H2,1-2H3. The van der Waals surface area contributed by atoms with E-state index in [1.54, 1.807) is 0 Å². The fourth-order valence-corrected chi connectivity index (χ4v) is 2.03. The second-order valence-corrected chi connectivity index (χ2v) is 4.25. The number of carbonyl (C=O) groups is 1. The minimum atomic E-state index is -0.193. The molecule has 13 heavy (non-hydrogen) atoms. The monoisotopic (exact) mass is 184 g/mol. The third-order valence-electron chi connectivity index (χ3n) is 2.95. The lowest BCUT2D eigenvalue weighted by Gasteiger charge is -2.35. The van der Waals surface area contributed by atoms with Gasteiger partial charge >= 0.3 is 0 Å². The molecule has 0 heterocycles. The van der Waals surface area contributed by atoms with Crippen LogP contribution in [0.3, 0.4) is 0 Å². The minimum Gasteiger partial charge on any atom is -0.375 e. The second kappa shape index (κ2) is 4.75. The molecule has 1 fully saturated rings. The summed E-state index contributed by atoms with van der Waals surface area (Å²) in [5.74, 6) is 0.802. The van der Waals surface area contributed by atoms with Gasteiger partial charge < -0.3 is 9.53 Å². The highest BCUT2D eigenvalue weighted by Gasteiger charge is 2.30. The van der Waals surface area contributed by atoms with Crippen LogP contribution in [0.25, 0.3) is 0 Å². The van der Waals surface area contributed by atoms with E-state index in [0.29, 0.717) is 13.0 Å². The predicted octanol–water partition coefficient (Wildman–Crippen LogP) is 2.56. The predicted molar refractivity (Wildman–Crippen MR) is 52.7 cm³/mol. The molecule has 1 aliphatic carbocycles. The lowest BCUT2D eigenvalue weighted by atomic mass is 9.77. The molecule has 1 saturated carbocycles. The molecule has 0 N–H and O–H groups in total. The molecule has 2 nitrogen and oxygen atoms in total. The highest BCUT2D eigenvalue weighted by atomic mass is 16.5. The number of hydrogen-bond acceptors (Lipinski definition) is 2. The summed E-state index contributed by atoms with van der Waals surface area (Å²) < 4.78 is 5.64. The number of carbonyl (C=O) groups excluding carboxylic acids is 1. The van der Waals surface area contributed by atoms with Crippen molar-refractivity contribution in [3.63, 3.8) is 0 Å². The molecule has 1 aliphatic rings. The molecule has 1 atom stereocenters. The van der Waals surface area contributed by atoms with Gasteiger partial charge in [-0.1, -0.05) is 19.3 Å². The van der Waals surface area contributed by atoms with Gasteiger partial charge in [0.2, 0.25) is 0 Å². The lowest BCUT2D eigenvalue weighted by Crippen LogP contribution is -2.34. The van der Waals surface area contributed by atoms with Crippen molar-refractivity contribution in [3.05, 3.63) is 0 Å². The van der Waals surface area contributed by atoms with E-state index < -0.39 is 0 Å². The Labute approximate surface area is 80.7 Å². The first-order valence-electron chi connectivity index (χ1n) is 5.28. The Morgan fingerprint density at radius 3 is 2.62 bits per heavy atom. The zero-order valence-electron chi connectivity index (χ0n) is 8.71. The lowest BCUT2D eigenvalue weighted by molar-refractivity contribution is -0.116. The Balaban J connectivity index is 2.38. The van der Waals surface area contributed by atoms with Gasteiger partial charge in [-0.15, -0.1) is 0 Å². The molecule has 0 aromatic rings. The molecule has 1 unspecified atom stereocenters. The van der Waals surface area contributed by atoms with Crippen LogP contribution in [0, 0.1) is 5.92 Å². The van der Waals surface area contributed by atoms with Gasteiger partial charge in [0.1, 0.15) is 6.29 Å². The Kier molecular flexibility index (Phi) is 3.91. The fraction of sp³-hybridized carbons (Fsp3) is 0.909. The molecular weight excluding hydrogens is 164 g/mol. The molecule has 0 spiro atoms.